The van der Waals surface area contributed by atoms with E-state index in [0.29, 0.717) is 5.69 Å². The highest BCUT2D eigenvalue weighted by molar-refractivity contribution is 5.96. The second kappa shape index (κ2) is 4.13. The van der Waals surface area contributed by atoms with Crippen molar-refractivity contribution in [1.29, 1.82) is 0 Å². The predicted molar refractivity (Wildman–Crippen MR) is 72.4 cm³/mol. The standard InChI is InChI=1S/C14H11N3O2/c15-13-10(14(18)19)5-3-7-12(13)17-11-6-2-1-4-9(11)8-16-17/h1-8H,15H2,(H,18,19). The van der Waals surface area contributed by atoms with Gasteiger partial charge >= 0.3 is 5.97 Å². The van der Waals surface area contributed by atoms with Crippen LogP contribution in [0.1, 0.15) is 10.4 Å². The summed E-state index contributed by atoms with van der Waals surface area (Å²) in [5.41, 5.74) is 7.67. The smallest absolute Gasteiger partial charge is 0.337 e. The maximum atomic E-state index is 11.1. The number of hydrogen-bond acceptors (Lipinski definition) is 3. The van der Waals surface area contributed by atoms with Crippen molar-refractivity contribution in [3.63, 3.8) is 0 Å². The molecule has 0 saturated carbocycles. The molecule has 0 spiro atoms. The van der Waals surface area contributed by atoms with Gasteiger partial charge < -0.3 is 10.8 Å². The lowest BCUT2D eigenvalue weighted by Crippen LogP contribution is -2.07. The molecule has 19 heavy (non-hydrogen) atoms. The number of nitrogens with two attached hydrogens (primary N) is 1. The minimum Gasteiger partial charge on any atom is -0.478 e. The third-order valence-electron chi connectivity index (χ3n) is 3.02. The van der Waals surface area contributed by atoms with Gasteiger partial charge in [-0.05, 0) is 18.2 Å². The lowest BCUT2D eigenvalue weighted by atomic mass is 10.1. The molecule has 5 heteroatoms. The quantitative estimate of drug-likeness (QED) is 0.687. The Morgan fingerprint density at radius 2 is 1.95 bits per heavy atom. The number of benzene rings is 2. The van der Waals surface area contributed by atoms with E-state index in [1.807, 2.05) is 24.3 Å². The monoisotopic (exact) mass is 253 g/mol. The van der Waals surface area contributed by atoms with Crippen LogP contribution in [-0.2, 0) is 0 Å². The Kier molecular flexibility index (Phi) is 2.45. The maximum absolute atomic E-state index is 11.1. The molecule has 0 aliphatic rings. The lowest BCUT2D eigenvalue weighted by Gasteiger charge is -2.09. The third kappa shape index (κ3) is 1.72. The van der Waals surface area contributed by atoms with Gasteiger partial charge in [-0.15, -0.1) is 0 Å². The van der Waals surface area contributed by atoms with Gasteiger partial charge in [-0.2, -0.15) is 5.10 Å². The first kappa shape index (κ1) is 11.3. The molecule has 0 fully saturated rings. The number of anilines is 1. The second-order valence-corrected chi connectivity index (χ2v) is 4.16. The van der Waals surface area contributed by atoms with Crippen LogP contribution in [0.25, 0.3) is 16.6 Å². The van der Waals surface area contributed by atoms with E-state index >= 15 is 0 Å². The summed E-state index contributed by atoms with van der Waals surface area (Å²) >= 11 is 0. The van der Waals surface area contributed by atoms with Crippen molar-refractivity contribution in [3.05, 3.63) is 54.2 Å². The SMILES string of the molecule is Nc1c(C(=O)O)cccc1-n1ncc2ccccc21. The molecule has 0 radical (unpaired) electrons. The van der Waals surface area contributed by atoms with Crippen molar-refractivity contribution >= 4 is 22.6 Å². The van der Waals surface area contributed by atoms with E-state index in [1.54, 1.807) is 23.0 Å². The van der Waals surface area contributed by atoms with E-state index in [-0.39, 0.29) is 11.3 Å². The minimum atomic E-state index is -1.05. The van der Waals surface area contributed by atoms with E-state index in [1.165, 1.54) is 6.07 Å². The van der Waals surface area contributed by atoms with Crippen LogP contribution < -0.4 is 5.73 Å². The van der Waals surface area contributed by atoms with E-state index in [4.69, 9.17) is 10.8 Å². The number of aromatic carboxylic acids is 1. The zero-order valence-corrected chi connectivity index (χ0v) is 9.95. The van der Waals surface area contributed by atoms with Crippen molar-refractivity contribution in [2.45, 2.75) is 0 Å². The zero-order valence-electron chi connectivity index (χ0n) is 9.95. The predicted octanol–water partition coefficient (Wildman–Crippen LogP) is 2.31. The number of aromatic nitrogens is 2. The number of carbonyl (C=O) groups is 1. The molecule has 5 nitrogen and oxygen atoms in total. The van der Waals surface area contributed by atoms with Crippen molar-refractivity contribution in [1.82, 2.24) is 9.78 Å². The van der Waals surface area contributed by atoms with Crippen molar-refractivity contribution < 1.29 is 9.90 Å². The van der Waals surface area contributed by atoms with Gasteiger partial charge in [-0.3, -0.25) is 0 Å². The summed E-state index contributed by atoms with van der Waals surface area (Å²) in [5.74, 6) is -1.05. The average molecular weight is 253 g/mol. The molecule has 1 heterocycles. The first-order valence-corrected chi connectivity index (χ1v) is 5.73. The number of carboxylic acid groups (broad SMARTS) is 1. The van der Waals surface area contributed by atoms with Gasteiger partial charge in [-0.1, -0.05) is 24.3 Å². The number of nitrogens with zero attached hydrogens (tertiary/aromatic N) is 2. The molecule has 3 N–H and O–H groups in total. The minimum absolute atomic E-state index is 0.0806. The van der Waals surface area contributed by atoms with Crippen LogP contribution in [-0.4, -0.2) is 20.9 Å². The fourth-order valence-electron chi connectivity index (χ4n) is 2.09. The van der Waals surface area contributed by atoms with E-state index in [0.717, 1.165) is 10.9 Å². The molecular formula is C14H11N3O2. The molecule has 0 bridgehead atoms. The normalized spacial score (nSPS) is 10.7. The molecule has 3 aromatic rings. The van der Waals surface area contributed by atoms with E-state index in [2.05, 4.69) is 5.10 Å². The van der Waals surface area contributed by atoms with Crippen LogP contribution in [0.3, 0.4) is 0 Å². The molecular weight excluding hydrogens is 242 g/mol. The largest absolute Gasteiger partial charge is 0.478 e. The number of carboxylic acids is 1. The first-order chi connectivity index (χ1) is 9.18. The molecule has 0 aliphatic heterocycles. The Labute approximate surface area is 108 Å². The van der Waals surface area contributed by atoms with Gasteiger partial charge in [0.15, 0.2) is 0 Å². The first-order valence-electron chi connectivity index (χ1n) is 5.73. The van der Waals surface area contributed by atoms with Crippen LogP contribution in [0.2, 0.25) is 0 Å². The highest BCUT2D eigenvalue weighted by Crippen LogP contribution is 2.25. The molecule has 0 atom stereocenters. The number of para-hydroxylation sites is 2. The average Bonchev–Trinajstić information content (AvgIpc) is 2.82. The fourth-order valence-corrected chi connectivity index (χ4v) is 2.09. The lowest BCUT2D eigenvalue weighted by molar-refractivity contribution is 0.0698. The molecule has 0 unspecified atom stereocenters. The van der Waals surface area contributed by atoms with Crippen LogP contribution in [0.4, 0.5) is 5.69 Å². The molecule has 0 saturated heterocycles. The zero-order chi connectivity index (χ0) is 13.4. The van der Waals surface area contributed by atoms with E-state index in [9.17, 15) is 4.79 Å². The summed E-state index contributed by atoms with van der Waals surface area (Å²) in [5, 5.41) is 14.3. The molecule has 0 aliphatic carbocycles. The Hall–Kier alpha value is -2.82. The van der Waals surface area contributed by atoms with Gasteiger partial charge in [0, 0.05) is 5.39 Å². The number of nitrogen functional groups attached to an aromatic ring is 1. The summed E-state index contributed by atoms with van der Waals surface area (Å²) in [6.45, 7) is 0. The molecule has 94 valence electrons. The van der Waals surface area contributed by atoms with Crippen LogP contribution in [0.15, 0.2) is 48.7 Å². The summed E-state index contributed by atoms with van der Waals surface area (Å²) in [4.78, 5) is 11.1. The molecule has 0 amide bonds. The van der Waals surface area contributed by atoms with Crippen LogP contribution in [0.5, 0.6) is 0 Å². The maximum Gasteiger partial charge on any atom is 0.337 e. The third-order valence-corrected chi connectivity index (χ3v) is 3.02. The van der Waals surface area contributed by atoms with Crippen molar-refractivity contribution in [2.24, 2.45) is 0 Å². The molecule has 2 aromatic carbocycles. The van der Waals surface area contributed by atoms with Gasteiger partial charge in [0.25, 0.3) is 0 Å². The van der Waals surface area contributed by atoms with Crippen molar-refractivity contribution in [3.8, 4) is 5.69 Å². The van der Waals surface area contributed by atoms with Crippen molar-refractivity contribution in [2.75, 3.05) is 5.73 Å². The van der Waals surface area contributed by atoms with E-state index < -0.39 is 5.97 Å². The number of hydrogen-bond donors (Lipinski definition) is 2. The summed E-state index contributed by atoms with van der Waals surface area (Å²) in [6.07, 6.45) is 1.72. The summed E-state index contributed by atoms with van der Waals surface area (Å²) < 4.78 is 1.65. The second-order valence-electron chi connectivity index (χ2n) is 4.16. The highest BCUT2D eigenvalue weighted by Gasteiger charge is 2.14. The topological polar surface area (TPSA) is 81.1 Å². The van der Waals surface area contributed by atoms with Gasteiger partial charge in [0.05, 0.1) is 28.7 Å². The fraction of sp³-hybridized carbons (Fsp3) is 0. The molecule has 1 aromatic heterocycles. The van der Waals surface area contributed by atoms with Gasteiger partial charge in [0.2, 0.25) is 0 Å². The summed E-state index contributed by atoms with van der Waals surface area (Å²) in [6, 6.07) is 12.6. The summed E-state index contributed by atoms with van der Waals surface area (Å²) in [7, 11) is 0. The number of rotatable bonds is 2. The number of fused-ring (bicyclic) bond motifs is 1. The van der Waals surface area contributed by atoms with Gasteiger partial charge in [-0.25, -0.2) is 9.48 Å². The van der Waals surface area contributed by atoms with Gasteiger partial charge in [0.1, 0.15) is 0 Å². The Morgan fingerprint density at radius 1 is 1.16 bits per heavy atom. The van der Waals surface area contributed by atoms with Crippen LogP contribution in [0, 0.1) is 0 Å². The Balaban J connectivity index is 2.28. The van der Waals surface area contributed by atoms with Crippen LogP contribution >= 0.6 is 0 Å². The Bertz CT molecular complexity index is 777. The molecule has 3 rings (SSSR count). The highest BCUT2D eigenvalue weighted by atomic mass is 16.4. The Morgan fingerprint density at radius 3 is 2.74 bits per heavy atom.